The molecule has 1 amide bonds. The van der Waals surface area contributed by atoms with Crippen molar-refractivity contribution in [3.05, 3.63) is 24.3 Å². The molecule has 1 N–H and O–H groups in total. The third-order valence-electron chi connectivity index (χ3n) is 4.54. The topological polar surface area (TPSA) is 54.0 Å². The van der Waals surface area contributed by atoms with Crippen LogP contribution in [0, 0.1) is 0 Å². The summed E-state index contributed by atoms with van der Waals surface area (Å²) in [4.78, 5) is 15.6. The number of anilines is 1. The van der Waals surface area contributed by atoms with Crippen LogP contribution < -0.4 is 10.1 Å². The lowest BCUT2D eigenvalue weighted by Crippen LogP contribution is -2.51. The van der Waals surface area contributed by atoms with Crippen LogP contribution in [0.2, 0.25) is 0 Å². The van der Waals surface area contributed by atoms with Gasteiger partial charge in [-0.1, -0.05) is 0 Å². The van der Waals surface area contributed by atoms with Gasteiger partial charge in [-0.15, -0.1) is 13.2 Å². The molecule has 2 fully saturated rings. The minimum absolute atomic E-state index is 0.149. The van der Waals surface area contributed by atoms with E-state index in [1.807, 2.05) is 4.90 Å². The van der Waals surface area contributed by atoms with Crippen LogP contribution in [0.5, 0.6) is 5.75 Å². The summed E-state index contributed by atoms with van der Waals surface area (Å²) < 4.78 is 45.5. The number of hydrogen-bond acceptors (Lipinski definition) is 4. The number of carbonyl (C=O) groups excluding carboxylic acids is 1. The van der Waals surface area contributed by atoms with Crippen molar-refractivity contribution < 1.29 is 27.4 Å². The predicted octanol–water partition coefficient (Wildman–Crippen LogP) is 3.59. The molecule has 2 aliphatic rings. The fourth-order valence-electron chi connectivity index (χ4n) is 3.22. The van der Waals surface area contributed by atoms with Gasteiger partial charge >= 0.3 is 12.5 Å². The van der Waals surface area contributed by atoms with Gasteiger partial charge in [0, 0.05) is 31.4 Å². The van der Waals surface area contributed by atoms with Gasteiger partial charge in [0.05, 0.1) is 6.61 Å². The number of nitrogens with zero attached hydrogens (tertiary/aromatic N) is 2. The van der Waals surface area contributed by atoms with Crippen molar-refractivity contribution in [3.63, 3.8) is 0 Å². The van der Waals surface area contributed by atoms with Crippen molar-refractivity contribution in [3.8, 4) is 5.75 Å². The lowest BCUT2D eigenvalue weighted by atomic mass is 10.0. The minimum Gasteiger partial charge on any atom is -0.449 e. The van der Waals surface area contributed by atoms with E-state index in [9.17, 15) is 18.0 Å². The number of nitrogens with one attached hydrogen (secondary N) is 1. The molecule has 0 bridgehead atoms. The normalized spacial score (nSPS) is 18.9. The third-order valence-corrected chi connectivity index (χ3v) is 4.90. The molecule has 6 nitrogen and oxygen atoms in total. The van der Waals surface area contributed by atoms with E-state index in [4.69, 9.17) is 17.0 Å². The molecule has 0 atom stereocenters. The Morgan fingerprint density at radius 2 is 1.85 bits per heavy atom. The van der Waals surface area contributed by atoms with Gasteiger partial charge in [0.25, 0.3) is 0 Å². The van der Waals surface area contributed by atoms with Crippen molar-refractivity contribution in [2.75, 3.05) is 31.6 Å². The number of benzene rings is 1. The highest BCUT2D eigenvalue weighted by atomic mass is 32.1. The summed E-state index contributed by atoms with van der Waals surface area (Å²) in [6.45, 7) is 2.58. The Morgan fingerprint density at radius 1 is 1.19 bits per heavy atom. The van der Waals surface area contributed by atoms with Gasteiger partial charge in [-0.3, -0.25) is 0 Å². The monoisotopic (exact) mass is 403 g/mol. The molecule has 2 heterocycles. The number of halogens is 3. The Kier molecular flexibility index (Phi) is 5.93. The van der Waals surface area contributed by atoms with Crippen LogP contribution in [0.25, 0.3) is 0 Å². The Hall–Kier alpha value is -2.23. The van der Waals surface area contributed by atoms with E-state index in [2.05, 4.69) is 10.1 Å². The Bertz CT molecular complexity index is 676. The van der Waals surface area contributed by atoms with Crippen LogP contribution >= 0.6 is 12.2 Å². The summed E-state index contributed by atoms with van der Waals surface area (Å²) >= 11 is 5.39. The predicted molar refractivity (Wildman–Crippen MR) is 96.6 cm³/mol. The van der Waals surface area contributed by atoms with Crippen LogP contribution in [0.4, 0.5) is 23.7 Å². The highest BCUT2D eigenvalue weighted by Gasteiger charge is 2.32. The largest absolute Gasteiger partial charge is 0.573 e. The van der Waals surface area contributed by atoms with Crippen molar-refractivity contribution in [1.29, 1.82) is 0 Å². The van der Waals surface area contributed by atoms with Crippen LogP contribution in [0.3, 0.4) is 0 Å². The van der Waals surface area contributed by atoms with Gasteiger partial charge in [0.1, 0.15) is 5.75 Å². The van der Waals surface area contributed by atoms with E-state index in [0.717, 1.165) is 25.8 Å². The van der Waals surface area contributed by atoms with Crippen molar-refractivity contribution in [1.82, 2.24) is 9.80 Å². The standard InChI is InChI=1S/C17H20F3N3O3S/c18-17(19,20)26-14-4-2-12(3-5-14)21-15(27)22-9-6-13(7-10-22)23-8-1-11-25-16(23)24/h2-5,13H,1,6-11H2,(H,21,27). The number of piperidine rings is 1. The first kappa shape index (κ1) is 19.5. The molecule has 148 valence electrons. The number of carbonyl (C=O) groups is 1. The number of amides is 1. The fourth-order valence-corrected chi connectivity index (χ4v) is 3.52. The molecule has 0 radical (unpaired) electrons. The summed E-state index contributed by atoms with van der Waals surface area (Å²) in [6, 6.07) is 5.56. The molecule has 1 aromatic carbocycles. The molecule has 0 saturated carbocycles. The van der Waals surface area contributed by atoms with Gasteiger partial charge in [-0.2, -0.15) is 0 Å². The summed E-state index contributed by atoms with van der Waals surface area (Å²) in [5, 5.41) is 3.52. The summed E-state index contributed by atoms with van der Waals surface area (Å²) in [7, 11) is 0. The summed E-state index contributed by atoms with van der Waals surface area (Å²) in [5.74, 6) is -0.284. The van der Waals surface area contributed by atoms with Gasteiger partial charge in [0.2, 0.25) is 0 Å². The molecule has 3 rings (SSSR count). The molecule has 10 heteroatoms. The number of alkyl halides is 3. The number of cyclic esters (lactones) is 1. The van der Waals surface area contributed by atoms with Crippen LogP contribution in [-0.4, -0.2) is 59.7 Å². The number of ether oxygens (including phenoxy) is 2. The molecule has 27 heavy (non-hydrogen) atoms. The summed E-state index contributed by atoms with van der Waals surface area (Å²) in [5.41, 5.74) is 0.580. The highest BCUT2D eigenvalue weighted by Crippen LogP contribution is 2.25. The van der Waals surface area contributed by atoms with Crippen molar-refractivity contribution >= 4 is 29.1 Å². The van der Waals surface area contributed by atoms with Gasteiger partial charge in [0.15, 0.2) is 5.11 Å². The van der Waals surface area contributed by atoms with Crippen molar-refractivity contribution in [2.24, 2.45) is 0 Å². The van der Waals surface area contributed by atoms with Crippen LogP contribution in [0.1, 0.15) is 19.3 Å². The molecular weight excluding hydrogens is 383 g/mol. The second kappa shape index (κ2) is 8.20. The van der Waals surface area contributed by atoms with Crippen LogP contribution in [0.15, 0.2) is 24.3 Å². The maximum Gasteiger partial charge on any atom is 0.573 e. The third kappa shape index (κ3) is 5.38. The molecule has 0 spiro atoms. The number of hydrogen-bond donors (Lipinski definition) is 1. The van der Waals surface area contributed by atoms with E-state index in [1.165, 1.54) is 24.3 Å². The van der Waals surface area contributed by atoms with E-state index < -0.39 is 6.36 Å². The number of rotatable bonds is 3. The lowest BCUT2D eigenvalue weighted by Gasteiger charge is -2.40. The fraction of sp³-hybridized carbons (Fsp3) is 0.529. The van der Waals surface area contributed by atoms with Crippen LogP contribution in [-0.2, 0) is 4.74 Å². The minimum atomic E-state index is -4.71. The first-order valence-corrected chi connectivity index (χ1v) is 9.08. The zero-order valence-electron chi connectivity index (χ0n) is 14.5. The molecule has 2 aliphatic heterocycles. The molecule has 0 aromatic heterocycles. The van der Waals surface area contributed by atoms with E-state index in [-0.39, 0.29) is 17.9 Å². The van der Waals surface area contributed by atoms with Crippen molar-refractivity contribution in [2.45, 2.75) is 31.7 Å². The quantitative estimate of drug-likeness (QED) is 0.779. The zero-order valence-corrected chi connectivity index (χ0v) is 15.3. The number of thiocarbonyl (C=S) groups is 1. The average Bonchev–Trinajstić information content (AvgIpc) is 2.63. The summed E-state index contributed by atoms with van der Waals surface area (Å²) in [6.07, 6.45) is -2.54. The van der Waals surface area contributed by atoms with Gasteiger partial charge in [-0.05, 0) is 55.7 Å². The van der Waals surface area contributed by atoms with Gasteiger partial charge in [-0.25, -0.2) is 4.79 Å². The molecule has 1 aromatic rings. The van der Waals surface area contributed by atoms with Gasteiger partial charge < -0.3 is 24.6 Å². The Labute approximate surface area is 160 Å². The Balaban J connectivity index is 1.48. The SMILES string of the molecule is O=C1OCCCN1C1CCN(C(=S)Nc2ccc(OC(F)(F)F)cc2)CC1. The maximum absolute atomic E-state index is 12.2. The highest BCUT2D eigenvalue weighted by molar-refractivity contribution is 7.80. The number of likely N-dealkylation sites (tertiary alicyclic amines) is 1. The second-order valence-corrected chi connectivity index (χ2v) is 6.77. The first-order chi connectivity index (χ1) is 12.8. The molecule has 0 aliphatic carbocycles. The first-order valence-electron chi connectivity index (χ1n) is 8.67. The Morgan fingerprint density at radius 3 is 2.44 bits per heavy atom. The smallest absolute Gasteiger partial charge is 0.449 e. The molecule has 0 unspecified atom stereocenters. The molecular formula is C17H20F3N3O3S. The maximum atomic E-state index is 12.2. The van der Waals surface area contributed by atoms with E-state index in [1.54, 1.807) is 4.90 Å². The zero-order chi connectivity index (χ0) is 19.4. The van der Waals surface area contributed by atoms with E-state index in [0.29, 0.717) is 30.5 Å². The lowest BCUT2D eigenvalue weighted by molar-refractivity contribution is -0.274. The second-order valence-electron chi connectivity index (χ2n) is 6.38. The molecule has 2 saturated heterocycles. The average molecular weight is 403 g/mol. The van der Waals surface area contributed by atoms with E-state index >= 15 is 0 Å².